The van der Waals surface area contributed by atoms with Gasteiger partial charge < -0.3 is 11.1 Å². The van der Waals surface area contributed by atoms with Crippen molar-refractivity contribution in [3.63, 3.8) is 0 Å². The Kier molecular flexibility index (Phi) is 2.95. The second kappa shape index (κ2) is 3.62. The Morgan fingerprint density at radius 2 is 2.00 bits per heavy atom. The molecule has 0 heterocycles. The number of nitrogens with one attached hydrogen (secondary N) is 1. The fraction of sp³-hybridized carbons (Fsp3) is 1.00. The largest absolute Gasteiger partial charge is 0.401 e. The van der Waals surface area contributed by atoms with Crippen molar-refractivity contribution in [1.29, 1.82) is 0 Å². The van der Waals surface area contributed by atoms with Gasteiger partial charge in [-0.05, 0) is 18.8 Å². The summed E-state index contributed by atoms with van der Waals surface area (Å²) in [5.41, 5.74) is 5.31. The highest BCUT2D eigenvalue weighted by atomic mass is 19.4. The molecule has 0 amide bonds. The Labute approximate surface area is 69.3 Å². The van der Waals surface area contributed by atoms with Crippen molar-refractivity contribution in [3.05, 3.63) is 0 Å². The molecular formula is C7H13F3N2. The van der Waals surface area contributed by atoms with Crippen molar-refractivity contribution in [1.82, 2.24) is 5.32 Å². The minimum Gasteiger partial charge on any atom is -0.329 e. The Morgan fingerprint density at radius 1 is 1.42 bits per heavy atom. The summed E-state index contributed by atoms with van der Waals surface area (Å²) in [5, 5.41) is 2.42. The topological polar surface area (TPSA) is 38.0 Å². The van der Waals surface area contributed by atoms with Crippen LogP contribution in [0.1, 0.15) is 12.8 Å². The number of nitrogens with two attached hydrogens (primary N) is 1. The molecule has 1 saturated carbocycles. The van der Waals surface area contributed by atoms with E-state index in [-0.39, 0.29) is 6.04 Å². The van der Waals surface area contributed by atoms with Crippen molar-refractivity contribution in [2.45, 2.75) is 25.1 Å². The third kappa shape index (κ3) is 3.40. The summed E-state index contributed by atoms with van der Waals surface area (Å²) in [6.07, 6.45) is -2.11. The maximum absolute atomic E-state index is 11.7. The molecule has 1 atom stereocenters. The molecule has 0 bridgehead atoms. The number of halogens is 3. The van der Waals surface area contributed by atoms with Crippen LogP contribution in [0.4, 0.5) is 13.2 Å². The zero-order valence-corrected chi connectivity index (χ0v) is 6.69. The van der Waals surface area contributed by atoms with E-state index >= 15 is 0 Å². The molecule has 2 nitrogen and oxygen atoms in total. The number of hydrogen-bond donors (Lipinski definition) is 2. The van der Waals surface area contributed by atoms with Gasteiger partial charge in [-0.15, -0.1) is 0 Å². The average Bonchev–Trinajstić information content (AvgIpc) is 2.70. The molecule has 1 aliphatic rings. The Bertz CT molecular complexity index is 142. The summed E-state index contributed by atoms with van der Waals surface area (Å²) < 4.78 is 35.2. The van der Waals surface area contributed by atoms with Crippen molar-refractivity contribution in [2.75, 3.05) is 13.1 Å². The van der Waals surface area contributed by atoms with E-state index in [0.717, 1.165) is 12.8 Å². The fourth-order valence-electron chi connectivity index (χ4n) is 1.19. The van der Waals surface area contributed by atoms with Crippen molar-refractivity contribution < 1.29 is 13.2 Å². The van der Waals surface area contributed by atoms with E-state index in [9.17, 15) is 13.2 Å². The highest BCUT2D eigenvalue weighted by molar-refractivity contribution is 4.87. The molecule has 0 saturated heterocycles. The summed E-state index contributed by atoms with van der Waals surface area (Å²) in [6, 6.07) is -0.147. The number of hydrogen-bond acceptors (Lipinski definition) is 2. The molecule has 0 spiro atoms. The predicted molar refractivity (Wildman–Crippen MR) is 39.6 cm³/mol. The quantitative estimate of drug-likeness (QED) is 0.677. The lowest BCUT2D eigenvalue weighted by molar-refractivity contribution is -0.126. The molecule has 0 aromatic carbocycles. The van der Waals surface area contributed by atoms with E-state index in [0.29, 0.717) is 12.5 Å². The number of alkyl halides is 3. The molecular weight excluding hydrogens is 169 g/mol. The van der Waals surface area contributed by atoms with Gasteiger partial charge in [0.15, 0.2) is 0 Å². The van der Waals surface area contributed by atoms with E-state index in [1.165, 1.54) is 0 Å². The second-order valence-corrected chi connectivity index (χ2v) is 3.18. The average molecular weight is 182 g/mol. The van der Waals surface area contributed by atoms with Gasteiger partial charge in [-0.2, -0.15) is 13.2 Å². The normalized spacial score (nSPS) is 21.0. The second-order valence-electron chi connectivity index (χ2n) is 3.18. The summed E-state index contributed by atoms with van der Waals surface area (Å²) >= 11 is 0. The molecule has 5 heteroatoms. The van der Waals surface area contributed by atoms with E-state index in [4.69, 9.17) is 5.73 Å². The number of rotatable bonds is 4. The molecule has 3 N–H and O–H groups in total. The first-order valence-corrected chi connectivity index (χ1v) is 4.03. The third-order valence-electron chi connectivity index (χ3n) is 2.01. The zero-order chi connectivity index (χ0) is 9.19. The predicted octanol–water partition coefficient (Wildman–Crippen LogP) is 0.876. The van der Waals surface area contributed by atoms with Crippen molar-refractivity contribution >= 4 is 0 Å². The first kappa shape index (κ1) is 9.80. The van der Waals surface area contributed by atoms with Gasteiger partial charge in [-0.25, -0.2) is 0 Å². The molecule has 1 rings (SSSR count). The van der Waals surface area contributed by atoms with Gasteiger partial charge in [0.1, 0.15) is 0 Å². The van der Waals surface area contributed by atoms with Crippen LogP contribution in [0.15, 0.2) is 0 Å². The van der Waals surface area contributed by atoms with Gasteiger partial charge in [0.25, 0.3) is 0 Å². The van der Waals surface area contributed by atoms with Crippen LogP contribution in [0.5, 0.6) is 0 Å². The van der Waals surface area contributed by atoms with Gasteiger partial charge in [0, 0.05) is 12.6 Å². The Hall–Kier alpha value is -0.290. The maximum Gasteiger partial charge on any atom is 0.401 e. The van der Waals surface area contributed by atoms with E-state index in [1.54, 1.807) is 0 Å². The smallest absolute Gasteiger partial charge is 0.329 e. The molecule has 0 radical (unpaired) electrons. The molecule has 0 aromatic rings. The first-order valence-electron chi connectivity index (χ1n) is 4.03. The van der Waals surface area contributed by atoms with Crippen LogP contribution in [-0.4, -0.2) is 25.3 Å². The molecule has 0 aliphatic heterocycles. The van der Waals surface area contributed by atoms with Crippen molar-refractivity contribution in [2.24, 2.45) is 11.7 Å². The van der Waals surface area contributed by atoms with Crippen LogP contribution < -0.4 is 11.1 Å². The van der Waals surface area contributed by atoms with E-state index in [2.05, 4.69) is 5.32 Å². The van der Waals surface area contributed by atoms with Crippen molar-refractivity contribution in [3.8, 4) is 0 Å². The van der Waals surface area contributed by atoms with Crippen LogP contribution in [0.2, 0.25) is 0 Å². The van der Waals surface area contributed by atoms with Crippen LogP contribution in [0.25, 0.3) is 0 Å². The van der Waals surface area contributed by atoms with E-state index < -0.39 is 12.7 Å². The minimum absolute atomic E-state index is 0.147. The van der Waals surface area contributed by atoms with Gasteiger partial charge in [-0.1, -0.05) is 0 Å². The van der Waals surface area contributed by atoms with Crippen LogP contribution in [0.3, 0.4) is 0 Å². The molecule has 1 aliphatic carbocycles. The van der Waals surface area contributed by atoms with Gasteiger partial charge in [-0.3, -0.25) is 0 Å². The highest BCUT2D eigenvalue weighted by Crippen LogP contribution is 2.32. The minimum atomic E-state index is -4.12. The van der Waals surface area contributed by atoms with Gasteiger partial charge in [0.2, 0.25) is 0 Å². The SMILES string of the molecule is NCC(NCC(F)(F)F)C1CC1. The van der Waals surface area contributed by atoms with Gasteiger partial charge in [0.05, 0.1) is 6.54 Å². The first-order chi connectivity index (χ1) is 5.53. The summed E-state index contributed by atoms with van der Waals surface area (Å²) in [5.74, 6) is 0.373. The lowest BCUT2D eigenvalue weighted by Crippen LogP contribution is -2.42. The monoisotopic (exact) mass is 182 g/mol. The molecule has 1 unspecified atom stereocenters. The summed E-state index contributed by atoms with van der Waals surface area (Å²) in [6.45, 7) is -0.633. The lowest BCUT2D eigenvalue weighted by Gasteiger charge is -2.16. The lowest BCUT2D eigenvalue weighted by atomic mass is 10.2. The van der Waals surface area contributed by atoms with E-state index in [1.807, 2.05) is 0 Å². The van der Waals surface area contributed by atoms with Crippen LogP contribution in [-0.2, 0) is 0 Å². The standard InChI is InChI=1S/C7H13F3N2/c8-7(9,10)4-12-6(3-11)5-1-2-5/h5-6,12H,1-4,11H2. The maximum atomic E-state index is 11.7. The van der Waals surface area contributed by atoms with Crippen LogP contribution >= 0.6 is 0 Å². The Balaban J connectivity index is 2.19. The highest BCUT2D eigenvalue weighted by Gasteiger charge is 2.34. The van der Waals surface area contributed by atoms with Crippen LogP contribution in [0, 0.1) is 5.92 Å². The summed E-state index contributed by atoms with van der Waals surface area (Å²) in [7, 11) is 0. The zero-order valence-electron chi connectivity index (χ0n) is 6.69. The molecule has 72 valence electrons. The third-order valence-corrected chi connectivity index (χ3v) is 2.01. The fourth-order valence-corrected chi connectivity index (χ4v) is 1.19. The Morgan fingerprint density at radius 3 is 2.33 bits per heavy atom. The molecule has 1 fully saturated rings. The van der Waals surface area contributed by atoms with Gasteiger partial charge >= 0.3 is 6.18 Å². The summed E-state index contributed by atoms with van der Waals surface area (Å²) in [4.78, 5) is 0. The molecule has 0 aromatic heterocycles. The molecule has 12 heavy (non-hydrogen) atoms.